The topological polar surface area (TPSA) is 40.5 Å². The first-order chi connectivity index (χ1) is 4.31. The third kappa shape index (κ3) is 6.54. The lowest BCUT2D eigenvalue weighted by Gasteiger charge is -2.05. The number of hydrogen-bond acceptors (Lipinski definition) is 2. The minimum atomic E-state index is -0.200. The Kier molecular flexibility index (Phi) is 7.25. The third-order valence-corrected chi connectivity index (χ3v) is 1.76. The summed E-state index contributed by atoms with van der Waals surface area (Å²) in [4.78, 5) is 0. The smallest absolute Gasteiger partial charge is 0.0548 e. The minimum Gasteiger partial charge on any atom is -0.396 e. The van der Waals surface area contributed by atoms with E-state index in [2.05, 4.69) is 22.6 Å². The highest BCUT2D eigenvalue weighted by Crippen LogP contribution is 2.02. The molecule has 1 atom stereocenters. The first-order valence-corrected chi connectivity index (χ1v) is 4.68. The van der Waals surface area contributed by atoms with Gasteiger partial charge in [0.1, 0.15) is 0 Å². The van der Waals surface area contributed by atoms with Crippen molar-refractivity contribution in [1.29, 1.82) is 0 Å². The molecule has 2 nitrogen and oxygen atoms in total. The van der Waals surface area contributed by atoms with Gasteiger partial charge in [-0.3, -0.25) is 0 Å². The maximum atomic E-state index is 9.06. The van der Waals surface area contributed by atoms with Gasteiger partial charge in [0.2, 0.25) is 0 Å². The highest BCUT2D eigenvalue weighted by Gasteiger charge is 2.00. The molecule has 0 amide bonds. The fourth-order valence-electron chi connectivity index (χ4n) is 0.597. The summed E-state index contributed by atoms with van der Waals surface area (Å²) in [5, 5.41) is 17.4. The van der Waals surface area contributed by atoms with E-state index in [1.807, 2.05) is 0 Å². The van der Waals surface area contributed by atoms with Crippen LogP contribution in [0.1, 0.15) is 19.3 Å². The number of alkyl halides is 1. The van der Waals surface area contributed by atoms with Crippen molar-refractivity contribution < 1.29 is 10.2 Å². The Bertz CT molecular complexity index is 59.0. The van der Waals surface area contributed by atoms with Crippen LogP contribution in [0.3, 0.4) is 0 Å². The molecule has 0 bridgehead atoms. The van der Waals surface area contributed by atoms with Crippen LogP contribution in [0.2, 0.25) is 0 Å². The van der Waals surface area contributed by atoms with Crippen LogP contribution in [-0.2, 0) is 0 Å². The number of aliphatic hydroxyl groups is 2. The van der Waals surface area contributed by atoms with Gasteiger partial charge in [0.25, 0.3) is 0 Å². The lowest BCUT2D eigenvalue weighted by atomic mass is 10.2. The predicted octanol–water partition coefficient (Wildman–Crippen LogP) is 0.945. The average molecular weight is 244 g/mol. The average Bonchev–Trinajstić information content (AvgIpc) is 1.85. The van der Waals surface area contributed by atoms with E-state index in [4.69, 9.17) is 10.2 Å². The zero-order valence-electron chi connectivity index (χ0n) is 5.39. The van der Waals surface area contributed by atoms with Crippen molar-refractivity contribution in [1.82, 2.24) is 0 Å². The fraction of sp³-hybridized carbons (Fsp3) is 1.00. The van der Waals surface area contributed by atoms with Crippen molar-refractivity contribution in [3.05, 3.63) is 0 Å². The molecule has 0 aliphatic rings. The van der Waals surface area contributed by atoms with Crippen LogP contribution >= 0.6 is 22.6 Å². The molecule has 0 rings (SSSR count). The van der Waals surface area contributed by atoms with Gasteiger partial charge < -0.3 is 10.2 Å². The lowest BCUT2D eigenvalue weighted by Crippen LogP contribution is -2.07. The molecule has 3 heteroatoms. The van der Waals surface area contributed by atoms with E-state index < -0.39 is 0 Å². The van der Waals surface area contributed by atoms with Crippen LogP contribution < -0.4 is 0 Å². The summed E-state index contributed by atoms with van der Waals surface area (Å²) in [5.41, 5.74) is 0. The number of aliphatic hydroxyl groups excluding tert-OH is 2. The SMILES string of the molecule is OCCCC(O)CCI. The van der Waals surface area contributed by atoms with Gasteiger partial charge in [-0.05, 0) is 19.3 Å². The van der Waals surface area contributed by atoms with E-state index >= 15 is 0 Å². The molecule has 0 saturated heterocycles. The summed E-state index contributed by atoms with van der Waals surface area (Å²) >= 11 is 2.23. The molecule has 0 aliphatic carbocycles. The van der Waals surface area contributed by atoms with E-state index in [1.54, 1.807) is 0 Å². The Balaban J connectivity index is 2.95. The summed E-state index contributed by atoms with van der Waals surface area (Å²) in [7, 11) is 0. The molecule has 0 spiro atoms. The highest BCUT2D eigenvalue weighted by atomic mass is 127. The van der Waals surface area contributed by atoms with Gasteiger partial charge in [-0.2, -0.15) is 0 Å². The molecule has 56 valence electrons. The van der Waals surface area contributed by atoms with Crippen molar-refractivity contribution >= 4 is 22.6 Å². The molecule has 0 heterocycles. The Morgan fingerprint density at radius 3 is 2.44 bits per heavy atom. The first-order valence-electron chi connectivity index (χ1n) is 3.16. The normalized spacial score (nSPS) is 13.7. The molecule has 0 radical (unpaired) electrons. The van der Waals surface area contributed by atoms with E-state index in [1.165, 1.54) is 0 Å². The number of halogens is 1. The molecule has 0 aromatic rings. The zero-order chi connectivity index (χ0) is 7.11. The van der Waals surface area contributed by atoms with Crippen molar-refractivity contribution in [3.63, 3.8) is 0 Å². The first kappa shape index (κ1) is 9.65. The zero-order valence-corrected chi connectivity index (χ0v) is 7.54. The van der Waals surface area contributed by atoms with Crippen molar-refractivity contribution in [2.75, 3.05) is 11.0 Å². The molecule has 0 aromatic heterocycles. The van der Waals surface area contributed by atoms with E-state index in [0.29, 0.717) is 0 Å². The summed E-state index contributed by atoms with van der Waals surface area (Å²) in [6, 6.07) is 0. The minimum absolute atomic E-state index is 0.193. The maximum absolute atomic E-state index is 9.06. The molecule has 1 unspecified atom stereocenters. The fourth-order valence-corrected chi connectivity index (χ4v) is 1.32. The van der Waals surface area contributed by atoms with Gasteiger partial charge in [0.15, 0.2) is 0 Å². The van der Waals surface area contributed by atoms with Crippen LogP contribution in [-0.4, -0.2) is 27.4 Å². The van der Waals surface area contributed by atoms with Crippen molar-refractivity contribution in [2.24, 2.45) is 0 Å². The van der Waals surface area contributed by atoms with Crippen LogP contribution in [0.15, 0.2) is 0 Å². The van der Waals surface area contributed by atoms with E-state index in [-0.39, 0.29) is 12.7 Å². The second kappa shape index (κ2) is 6.77. The van der Waals surface area contributed by atoms with Crippen molar-refractivity contribution in [3.8, 4) is 0 Å². The summed E-state index contributed by atoms with van der Waals surface area (Å²) in [5.74, 6) is 0. The predicted molar refractivity (Wildman–Crippen MR) is 45.8 cm³/mol. The summed E-state index contributed by atoms with van der Waals surface area (Å²) in [6.07, 6.45) is 2.10. The molecular weight excluding hydrogens is 231 g/mol. The van der Waals surface area contributed by atoms with Gasteiger partial charge in [0.05, 0.1) is 6.10 Å². The largest absolute Gasteiger partial charge is 0.396 e. The lowest BCUT2D eigenvalue weighted by molar-refractivity contribution is 0.148. The standard InChI is InChI=1S/C6H13IO2/c7-4-3-6(9)2-1-5-8/h6,8-9H,1-5H2. The van der Waals surface area contributed by atoms with E-state index in [9.17, 15) is 0 Å². The number of rotatable bonds is 5. The molecule has 0 aliphatic heterocycles. The summed E-state index contributed by atoms with van der Waals surface area (Å²) < 4.78 is 0.990. The van der Waals surface area contributed by atoms with Crippen LogP contribution in [0, 0.1) is 0 Å². The maximum Gasteiger partial charge on any atom is 0.0548 e. The molecule has 0 saturated carbocycles. The summed E-state index contributed by atoms with van der Waals surface area (Å²) in [6.45, 7) is 0.193. The van der Waals surface area contributed by atoms with Crippen molar-refractivity contribution in [2.45, 2.75) is 25.4 Å². The highest BCUT2D eigenvalue weighted by molar-refractivity contribution is 14.1. The third-order valence-electron chi connectivity index (χ3n) is 1.14. The molecular formula is C6H13IO2. The molecule has 0 fully saturated rings. The van der Waals surface area contributed by atoms with Crippen LogP contribution in [0.5, 0.6) is 0 Å². The van der Waals surface area contributed by atoms with Gasteiger partial charge >= 0.3 is 0 Å². The second-order valence-electron chi connectivity index (χ2n) is 2.00. The van der Waals surface area contributed by atoms with Crippen LogP contribution in [0.25, 0.3) is 0 Å². The molecule has 0 aromatic carbocycles. The molecule has 2 N–H and O–H groups in total. The number of hydrogen-bond donors (Lipinski definition) is 2. The Morgan fingerprint density at radius 2 is 2.00 bits per heavy atom. The Hall–Kier alpha value is 0.650. The monoisotopic (exact) mass is 244 g/mol. The Labute approximate surface area is 69.4 Å². The second-order valence-corrected chi connectivity index (χ2v) is 3.08. The van der Waals surface area contributed by atoms with Gasteiger partial charge in [-0.15, -0.1) is 0 Å². The molecule has 9 heavy (non-hydrogen) atoms. The van der Waals surface area contributed by atoms with Gasteiger partial charge in [0, 0.05) is 11.0 Å². The van der Waals surface area contributed by atoms with E-state index in [0.717, 1.165) is 23.7 Å². The quantitative estimate of drug-likeness (QED) is 0.558. The van der Waals surface area contributed by atoms with Gasteiger partial charge in [-0.25, -0.2) is 0 Å². The Morgan fingerprint density at radius 1 is 1.33 bits per heavy atom. The van der Waals surface area contributed by atoms with Gasteiger partial charge in [-0.1, -0.05) is 22.6 Å². The van der Waals surface area contributed by atoms with Crippen LogP contribution in [0.4, 0.5) is 0 Å².